The van der Waals surface area contributed by atoms with Crippen LogP contribution in [-0.2, 0) is 0 Å². The van der Waals surface area contributed by atoms with Crippen LogP contribution in [0.3, 0.4) is 0 Å². The lowest BCUT2D eigenvalue weighted by atomic mass is 10.2. The number of nitrogens with zero attached hydrogens (tertiary/aromatic N) is 2. The van der Waals surface area contributed by atoms with Crippen molar-refractivity contribution in [3.63, 3.8) is 0 Å². The Morgan fingerprint density at radius 2 is 1.86 bits per heavy atom. The average molecular weight is 275 g/mol. The summed E-state index contributed by atoms with van der Waals surface area (Å²) in [5.74, 6) is 0. The van der Waals surface area contributed by atoms with Gasteiger partial charge in [0.1, 0.15) is 5.52 Å². The molecule has 0 bridgehead atoms. The number of aryl methyl sites for hydroxylation is 1. The smallest absolute Gasteiger partial charge is 0.273 e. The third kappa shape index (κ3) is 1.84. The molecule has 0 aliphatic heterocycles. The zero-order valence-electron chi connectivity index (χ0n) is 11.5. The standard InChI is InChI=1S/C17H13N3O/c1-11-5-4-6-12(9-11)20-16(21)10-15-17(19-20)13-7-2-3-8-14(13)18-15/h2-10,18H,1H3. The van der Waals surface area contributed by atoms with E-state index in [4.69, 9.17) is 0 Å². The van der Waals surface area contributed by atoms with E-state index < -0.39 is 0 Å². The van der Waals surface area contributed by atoms with E-state index in [0.717, 1.165) is 33.2 Å². The summed E-state index contributed by atoms with van der Waals surface area (Å²) in [6, 6.07) is 17.3. The summed E-state index contributed by atoms with van der Waals surface area (Å²) in [6.07, 6.45) is 0. The quantitative estimate of drug-likeness (QED) is 0.580. The normalized spacial score (nSPS) is 11.3. The van der Waals surface area contributed by atoms with Crippen molar-refractivity contribution in [2.24, 2.45) is 0 Å². The Morgan fingerprint density at radius 3 is 2.71 bits per heavy atom. The van der Waals surface area contributed by atoms with E-state index in [-0.39, 0.29) is 5.56 Å². The van der Waals surface area contributed by atoms with Gasteiger partial charge in [-0.15, -0.1) is 0 Å². The fraction of sp³-hybridized carbons (Fsp3) is 0.0588. The minimum Gasteiger partial charge on any atom is -0.353 e. The Kier molecular flexibility index (Phi) is 2.44. The Bertz CT molecular complexity index is 1030. The topological polar surface area (TPSA) is 50.7 Å². The summed E-state index contributed by atoms with van der Waals surface area (Å²) >= 11 is 0. The third-order valence-corrected chi connectivity index (χ3v) is 3.63. The zero-order chi connectivity index (χ0) is 14.4. The molecule has 2 heterocycles. The predicted octanol–water partition coefficient (Wildman–Crippen LogP) is 3.18. The second-order valence-electron chi connectivity index (χ2n) is 5.17. The molecule has 2 aromatic heterocycles. The van der Waals surface area contributed by atoms with Crippen LogP contribution in [0.1, 0.15) is 5.56 Å². The molecule has 4 aromatic rings. The van der Waals surface area contributed by atoms with Crippen LogP contribution in [0, 0.1) is 6.92 Å². The van der Waals surface area contributed by atoms with Gasteiger partial charge in [-0.25, -0.2) is 0 Å². The van der Waals surface area contributed by atoms with Crippen LogP contribution >= 0.6 is 0 Å². The van der Waals surface area contributed by atoms with Gasteiger partial charge in [-0.2, -0.15) is 9.78 Å². The van der Waals surface area contributed by atoms with E-state index in [9.17, 15) is 4.79 Å². The molecule has 0 aliphatic rings. The molecule has 102 valence electrons. The number of aromatic amines is 1. The van der Waals surface area contributed by atoms with Crippen LogP contribution in [0.25, 0.3) is 27.6 Å². The highest BCUT2D eigenvalue weighted by Gasteiger charge is 2.09. The maximum absolute atomic E-state index is 12.3. The highest BCUT2D eigenvalue weighted by atomic mass is 16.1. The highest BCUT2D eigenvalue weighted by molar-refractivity contribution is 6.04. The lowest BCUT2D eigenvalue weighted by Gasteiger charge is -2.05. The van der Waals surface area contributed by atoms with Crippen LogP contribution in [0.4, 0.5) is 0 Å². The van der Waals surface area contributed by atoms with Crippen LogP contribution in [0.2, 0.25) is 0 Å². The van der Waals surface area contributed by atoms with Gasteiger partial charge < -0.3 is 4.98 Å². The summed E-state index contributed by atoms with van der Waals surface area (Å²) < 4.78 is 1.45. The molecule has 0 saturated carbocycles. The Hall–Kier alpha value is -2.88. The number of fused-ring (bicyclic) bond motifs is 3. The van der Waals surface area contributed by atoms with Gasteiger partial charge in [0.25, 0.3) is 5.56 Å². The molecule has 0 fully saturated rings. The third-order valence-electron chi connectivity index (χ3n) is 3.63. The molecular formula is C17H13N3O. The molecule has 0 atom stereocenters. The van der Waals surface area contributed by atoms with Crippen LogP contribution in [0.5, 0.6) is 0 Å². The number of nitrogens with one attached hydrogen (secondary N) is 1. The molecule has 4 nitrogen and oxygen atoms in total. The first-order chi connectivity index (χ1) is 10.2. The zero-order valence-corrected chi connectivity index (χ0v) is 11.5. The summed E-state index contributed by atoms with van der Waals surface area (Å²) in [5, 5.41) is 5.57. The van der Waals surface area contributed by atoms with Gasteiger partial charge in [-0.3, -0.25) is 4.79 Å². The van der Waals surface area contributed by atoms with Crippen molar-refractivity contribution in [2.75, 3.05) is 0 Å². The molecule has 1 N–H and O–H groups in total. The molecule has 0 saturated heterocycles. The molecule has 0 radical (unpaired) electrons. The lowest BCUT2D eigenvalue weighted by Crippen LogP contribution is -2.19. The van der Waals surface area contributed by atoms with Crippen LogP contribution < -0.4 is 5.56 Å². The Balaban J connectivity index is 2.08. The van der Waals surface area contributed by atoms with Crippen molar-refractivity contribution in [1.29, 1.82) is 0 Å². The number of aromatic nitrogens is 3. The second-order valence-corrected chi connectivity index (χ2v) is 5.17. The highest BCUT2D eigenvalue weighted by Crippen LogP contribution is 2.22. The van der Waals surface area contributed by atoms with E-state index in [1.54, 1.807) is 6.07 Å². The van der Waals surface area contributed by atoms with Gasteiger partial charge in [0.05, 0.1) is 11.2 Å². The number of hydrogen-bond donors (Lipinski definition) is 1. The van der Waals surface area contributed by atoms with Crippen LogP contribution in [-0.4, -0.2) is 14.8 Å². The van der Waals surface area contributed by atoms with E-state index >= 15 is 0 Å². The van der Waals surface area contributed by atoms with Crippen molar-refractivity contribution in [3.8, 4) is 5.69 Å². The van der Waals surface area contributed by atoms with Crippen molar-refractivity contribution in [1.82, 2.24) is 14.8 Å². The minimum atomic E-state index is -0.139. The number of para-hydroxylation sites is 1. The van der Waals surface area contributed by atoms with Gasteiger partial charge in [0.15, 0.2) is 0 Å². The first kappa shape index (κ1) is 11.9. The van der Waals surface area contributed by atoms with E-state index in [1.807, 2.05) is 55.5 Å². The van der Waals surface area contributed by atoms with E-state index in [2.05, 4.69) is 10.1 Å². The van der Waals surface area contributed by atoms with Gasteiger partial charge in [-0.1, -0.05) is 30.3 Å². The first-order valence-electron chi connectivity index (χ1n) is 6.80. The monoisotopic (exact) mass is 275 g/mol. The second kappa shape index (κ2) is 4.31. The van der Waals surface area contributed by atoms with Gasteiger partial charge >= 0.3 is 0 Å². The molecule has 0 aliphatic carbocycles. The molecule has 4 rings (SSSR count). The molecule has 21 heavy (non-hydrogen) atoms. The molecule has 2 aromatic carbocycles. The molecule has 0 spiro atoms. The Morgan fingerprint density at radius 1 is 1.00 bits per heavy atom. The van der Waals surface area contributed by atoms with Crippen molar-refractivity contribution in [2.45, 2.75) is 6.92 Å². The lowest BCUT2D eigenvalue weighted by molar-refractivity contribution is 0.832. The molecule has 4 heteroatoms. The summed E-state index contributed by atoms with van der Waals surface area (Å²) in [7, 11) is 0. The molecular weight excluding hydrogens is 262 g/mol. The van der Waals surface area contributed by atoms with Crippen LogP contribution in [0.15, 0.2) is 59.4 Å². The number of H-pyrrole nitrogens is 1. The maximum Gasteiger partial charge on any atom is 0.273 e. The predicted molar refractivity (Wildman–Crippen MR) is 83.9 cm³/mol. The maximum atomic E-state index is 12.3. The van der Waals surface area contributed by atoms with Crippen molar-refractivity contribution >= 4 is 21.9 Å². The molecule has 0 amide bonds. The number of benzene rings is 2. The average Bonchev–Trinajstić information content (AvgIpc) is 2.83. The fourth-order valence-electron chi connectivity index (χ4n) is 2.64. The summed E-state index contributed by atoms with van der Waals surface area (Å²) in [6.45, 7) is 2.00. The Labute approximate surface area is 120 Å². The van der Waals surface area contributed by atoms with E-state index in [1.165, 1.54) is 4.68 Å². The summed E-state index contributed by atoms with van der Waals surface area (Å²) in [5.41, 5.74) is 4.31. The largest absolute Gasteiger partial charge is 0.353 e. The van der Waals surface area contributed by atoms with E-state index in [0.29, 0.717) is 0 Å². The number of rotatable bonds is 1. The van der Waals surface area contributed by atoms with Crippen molar-refractivity contribution in [3.05, 3.63) is 70.5 Å². The number of hydrogen-bond acceptors (Lipinski definition) is 2. The first-order valence-corrected chi connectivity index (χ1v) is 6.80. The SMILES string of the molecule is Cc1cccc(-n2nc3c(cc2=O)[nH]c2ccccc23)c1. The van der Waals surface area contributed by atoms with Gasteiger partial charge in [-0.05, 0) is 30.7 Å². The van der Waals surface area contributed by atoms with Gasteiger partial charge in [0.2, 0.25) is 0 Å². The van der Waals surface area contributed by atoms with Gasteiger partial charge in [0, 0.05) is 17.0 Å². The fourth-order valence-corrected chi connectivity index (χ4v) is 2.64. The summed E-state index contributed by atoms with van der Waals surface area (Å²) in [4.78, 5) is 15.5. The molecule has 0 unspecified atom stereocenters. The minimum absolute atomic E-state index is 0.139. The van der Waals surface area contributed by atoms with Crippen molar-refractivity contribution < 1.29 is 0 Å².